The summed E-state index contributed by atoms with van der Waals surface area (Å²) in [5, 5.41) is 23.6. The minimum atomic E-state index is -0.983. The van der Waals surface area contributed by atoms with E-state index >= 15 is 0 Å². The molecule has 0 spiro atoms. The molecule has 2 heterocycles. The zero-order valence-corrected chi connectivity index (χ0v) is 22.5. The summed E-state index contributed by atoms with van der Waals surface area (Å²) in [6.45, 7) is 0.138. The Morgan fingerprint density at radius 2 is 1.71 bits per heavy atom. The molecule has 1 fully saturated rings. The van der Waals surface area contributed by atoms with Crippen molar-refractivity contribution in [3.8, 4) is 17.2 Å². The van der Waals surface area contributed by atoms with Gasteiger partial charge in [-0.2, -0.15) is 0 Å². The minimum absolute atomic E-state index is 0.128. The van der Waals surface area contributed by atoms with E-state index < -0.39 is 28.4 Å². The lowest BCUT2D eigenvalue weighted by Gasteiger charge is -2.25. The second-order valence-electron chi connectivity index (χ2n) is 9.39. The number of ketones is 1. The molecule has 0 unspecified atom stereocenters. The third-order valence-corrected chi connectivity index (χ3v) is 7.21. The Hall–Kier alpha value is -5.32. The largest absolute Gasteiger partial charge is 0.507 e. The van der Waals surface area contributed by atoms with Crippen molar-refractivity contribution < 1.29 is 33.8 Å². The van der Waals surface area contributed by atoms with Crippen LogP contribution in [0.25, 0.3) is 16.7 Å². The van der Waals surface area contributed by atoms with Crippen molar-refractivity contribution in [3.05, 3.63) is 99.2 Å². The number of carbonyl (C=O) groups is 2. The highest BCUT2D eigenvalue weighted by atomic mass is 16.6. The Balaban J connectivity index is 1.58. The number of fused-ring (bicyclic) bond motifs is 1. The summed E-state index contributed by atoms with van der Waals surface area (Å²) in [6, 6.07) is 14.9. The number of methoxy groups -OCH3 is 3. The first-order valence-corrected chi connectivity index (χ1v) is 12.7. The number of aromatic amines is 1. The molecule has 5 rings (SSSR count). The standard InChI is InChI=1S/C30H27N3O8/c1-39-21-9-10-23-22(15-21)19(16-31-23)12-13-32-27(17-4-7-20(8-5-17)33(37)38)26(29(35)30(32)36)28(34)18-6-11-24(40-2)25(14-18)41-3/h4-11,14-16,27,31,34H,12-13H2,1-3H3/t27-/m1/s1. The lowest BCUT2D eigenvalue weighted by molar-refractivity contribution is -0.384. The molecule has 4 aromatic rings. The zero-order valence-electron chi connectivity index (χ0n) is 22.5. The number of aliphatic hydroxyl groups is 1. The van der Waals surface area contributed by atoms with Gasteiger partial charge < -0.3 is 29.2 Å². The van der Waals surface area contributed by atoms with E-state index in [2.05, 4.69) is 4.98 Å². The van der Waals surface area contributed by atoms with Crippen LogP contribution < -0.4 is 14.2 Å². The molecule has 1 aliphatic heterocycles. The van der Waals surface area contributed by atoms with Crippen LogP contribution in [0.1, 0.15) is 22.7 Å². The number of nitro benzene ring substituents is 1. The molecule has 1 aliphatic rings. The van der Waals surface area contributed by atoms with E-state index in [9.17, 15) is 24.8 Å². The highest BCUT2D eigenvalue weighted by Crippen LogP contribution is 2.41. The van der Waals surface area contributed by atoms with Gasteiger partial charge in [0.2, 0.25) is 0 Å². The van der Waals surface area contributed by atoms with Crippen LogP contribution in [0.5, 0.6) is 17.2 Å². The van der Waals surface area contributed by atoms with Gasteiger partial charge in [0.25, 0.3) is 17.4 Å². The molecule has 1 amide bonds. The number of hydrogen-bond donors (Lipinski definition) is 2. The summed E-state index contributed by atoms with van der Waals surface area (Å²) in [7, 11) is 4.49. The van der Waals surface area contributed by atoms with Gasteiger partial charge in [0.1, 0.15) is 11.5 Å². The highest BCUT2D eigenvalue weighted by molar-refractivity contribution is 6.46. The van der Waals surface area contributed by atoms with Crippen LogP contribution in [-0.4, -0.2) is 59.5 Å². The molecule has 1 aromatic heterocycles. The summed E-state index contributed by atoms with van der Waals surface area (Å²) < 4.78 is 16.0. The van der Waals surface area contributed by atoms with Crippen molar-refractivity contribution >= 4 is 34.0 Å². The third kappa shape index (κ3) is 4.93. The van der Waals surface area contributed by atoms with Crippen LogP contribution in [0.4, 0.5) is 5.69 Å². The predicted octanol–water partition coefficient (Wildman–Crippen LogP) is 4.77. The van der Waals surface area contributed by atoms with Crippen LogP contribution in [0.15, 0.2) is 72.4 Å². The second-order valence-corrected chi connectivity index (χ2v) is 9.39. The number of benzene rings is 3. The number of rotatable bonds is 9. The van der Waals surface area contributed by atoms with Gasteiger partial charge in [0.15, 0.2) is 11.5 Å². The van der Waals surface area contributed by atoms with E-state index in [0.29, 0.717) is 29.2 Å². The monoisotopic (exact) mass is 557 g/mol. The maximum Gasteiger partial charge on any atom is 0.295 e. The molecule has 11 nitrogen and oxygen atoms in total. The van der Waals surface area contributed by atoms with Crippen molar-refractivity contribution in [3.63, 3.8) is 0 Å². The number of aliphatic hydroxyl groups excluding tert-OH is 1. The number of carbonyl (C=O) groups excluding carboxylic acids is 2. The predicted molar refractivity (Wildman–Crippen MR) is 150 cm³/mol. The van der Waals surface area contributed by atoms with Gasteiger partial charge in [-0.25, -0.2) is 0 Å². The smallest absolute Gasteiger partial charge is 0.295 e. The summed E-state index contributed by atoms with van der Waals surface area (Å²) in [5.74, 6) is -0.611. The summed E-state index contributed by atoms with van der Waals surface area (Å²) in [6.07, 6.45) is 2.23. The Morgan fingerprint density at radius 1 is 0.976 bits per heavy atom. The molecule has 1 atom stereocenters. The molecule has 3 aromatic carbocycles. The average Bonchev–Trinajstić information content (AvgIpc) is 3.52. The fraction of sp³-hybridized carbons (Fsp3) is 0.200. The molecular weight excluding hydrogens is 530 g/mol. The Kier molecular flexibility index (Phi) is 7.34. The number of Topliss-reactive ketones (excluding diaryl/α,β-unsaturated/α-hetero) is 1. The van der Waals surface area contributed by atoms with Crippen molar-refractivity contribution in [2.24, 2.45) is 0 Å². The van der Waals surface area contributed by atoms with Gasteiger partial charge in [0, 0.05) is 41.3 Å². The van der Waals surface area contributed by atoms with Crippen molar-refractivity contribution in [2.45, 2.75) is 12.5 Å². The normalized spacial score (nSPS) is 16.3. The molecule has 0 bridgehead atoms. The number of nitrogens with one attached hydrogen (secondary N) is 1. The Labute approximate surface area is 234 Å². The Morgan fingerprint density at radius 3 is 2.37 bits per heavy atom. The van der Waals surface area contributed by atoms with Crippen LogP contribution in [-0.2, 0) is 16.0 Å². The maximum atomic E-state index is 13.4. The molecule has 1 saturated heterocycles. The summed E-state index contributed by atoms with van der Waals surface area (Å²) in [4.78, 5) is 42.2. The minimum Gasteiger partial charge on any atom is -0.507 e. The van der Waals surface area contributed by atoms with Crippen molar-refractivity contribution in [1.82, 2.24) is 9.88 Å². The van der Waals surface area contributed by atoms with Gasteiger partial charge in [-0.3, -0.25) is 19.7 Å². The van der Waals surface area contributed by atoms with Crippen molar-refractivity contribution in [2.75, 3.05) is 27.9 Å². The van der Waals surface area contributed by atoms with Gasteiger partial charge in [-0.1, -0.05) is 0 Å². The second kappa shape index (κ2) is 11.0. The first-order chi connectivity index (χ1) is 19.8. The number of H-pyrrole nitrogens is 1. The van der Waals surface area contributed by atoms with E-state index in [1.165, 1.54) is 49.5 Å². The average molecular weight is 558 g/mol. The molecular formula is C30H27N3O8. The van der Waals surface area contributed by atoms with Crippen molar-refractivity contribution in [1.29, 1.82) is 0 Å². The van der Waals surface area contributed by atoms with Crippen LogP contribution >= 0.6 is 0 Å². The van der Waals surface area contributed by atoms with E-state index in [1.54, 1.807) is 19.2 Å². The molecule has 41 heavy (non-hydrogen) atoms. The lowest BCUT2D eigenvalue weighted by atomic mass is 9.95. The number of amides is 1. The number of nitro groups is 1. The number of likely N-dealkylation sites (tertiary alicyclic amines) is 1. The van der Waals surface area contributed by atoms with Gasteiger partial charge in [-0.15, -0.1) is 0 Å². The number of aromatic nitrogens is 1. The molecule has 2 N–H and O–H groups in total. The van der Waals surface area contributed by atoms with Crippen LogP contribution in [0.3, 0.4) is 0 Å². The molecule has 210 valence electrons. The fourth-order valence-corrected chi connectivity index (χ4v) is 5.11. The fourth-order valence-electron chi connectivity index (χ4n) is 5.11. The van der Waals surface area contributed by atoms with E-state index in [-0.39, 0.29) is 23.4 Å². The summed E-state index contributed by atoms with van der Waals surface area (Å²) in [5.41, 5.74) is 2.22. The van der Waals surface area contributed by atoms with Crippen LogP contribution in [0, 0.1) is 10.1 Å². The first-order valence-electron chi connectivity index (χ1n) is 12.7. The maximum absolute atomic E-state index is 13.4. The number of ether oxygens (including phenoxy) is 3. The summed E-state index contributed by atoms with van der Waals surface area (Å²) >= 11 is 0. The quantitative estimate of drug-likeness (QED) is 0.0985. The van der Waals surface area contributed by atoms with E-state index in [0.717, 1.165) is 16.5 Å². The number of hydrogen-bond acceptors (Lipinski definition) is 8. The number of non-ortho nitro benzene ring substituents is 1. The van der Waals surface area contributed by atoms with E-state index in [1.807, 2.05) is 24.4 Å². The molecule has 0 aliphatic carbocycles. The molecule has 11 heteroatoms. The first kappa shape index (κ1) is 27.3. The highest BCUT2D eigenvalue weighted by Gasteiger charge is 2.46. The molecule has 0 radical (unpaired) electrons. The van der Waals surface area contributed by atoms with Gasteiger partial charge in [-0.05, 0) is 66.1 Å². The van der Waals surface area contributed by atoms with Crippen LogP contribution in [0.2, 0.25) is 0 Å². The van der Waals surface area contributed by atoms with Gasteiger partial charge >= 0.3 is 0 Å². The zero-order chi connectivity index (χ0) is 29.3. The van der Waals surface area contributed by atoms with E-state index in [4.69, 9.17) is 14.2 Å². The lowest BCUT2D eigenvalue weighted by Crippen LogP contribution is -2.31. The third-order valence-electron chi connectivity index (χ3n) is 7.21. The number of nitrogens with zero attached hydrogens (tertiary/aromatic N) is 2. The molecule has 0 saturated carbocycles. The van der Waals surface area contributed by atoms with Gasteiger partial charge in [0.05, 0.1) is 37.9 Å². The Bertz CT molecular complexity index is 1690. The SMILES string of the molecule is COc1ccc2[nH]cc(CCN3C(=O)C(=O)C(=C(O)c4ccc(OC)c(OC)c4)[C@H]3c3ccc([N+](=O)[O-])cc3)c2c1. The topological polar surface area (TPSA) is 144 Å².